The molecule has 0 fully saturated rings. The Morgan fingerprint density at radius 2 is 2.08 bits per heavy atom. The SMILES string of the molecule is CC(CC(N)=O)NC(C)C(N)=NO. The van der Waals surface area contributed by atoms with Crippen LogP contribution in [0.5, 0.6) is 0 Å². The van der Waals surface area contributed by atoms with Crippen molar-refractivity contribution in [1.29, 1.82) is 0 Å². The number of carbonyl (C=O) groups is 1. The van der Waals surface area contributed by atoms with Gasteiger partial charge >= 0.3 is 0 Å². The van der Waals surface area contributed by atoms with Crippen LogP contribution in [0.25, 0.3) is 0 Å². The van der Waals surface area contributed by atoms with Gasteiger partial charge in [0.2, 0.25) is 5.91 Å². The van der Waals surface area contributed by atoms with Crippen LogP contribution in [0.15, 0.2) is 5.16 Å². The monoisotopic (exact) mass is 188 g/mol. The van der Waals surface area contributed by atoms with Gasteiger partial charge in [-0.25, -0.2) is 0 Å². The van der Waals surface area contributed by atoms with Gasteiger partial charge in [-0.3, -0.25) is 4.79 Å². The molecule has 6 heteroatoms. The molecule has 0 saturated heterocycles. The topological polar surface area (TPSA) is 114 Å². The van der Waals surface area contributed by atoms with Gasteiger partial charge in [0.15, 0.2) is 5.84 Å². The van der Waals surface area contributed by atoms with E-state index in [1.54, 1.807) is 13.8 Å². The van der Waals surface area contributed by atoms with Gasteiger partial charge in [-0.2, -0.15) is 0 Å². The van der Waals surface area contributed by atoms with Crippen LogP contribution in [0.3, 0.4) is 0 Å². The molecule has 0 aromatic heterocycles. The number of primary amides is 1. The Labute approximate surface area is 77.0 Å². The summed E-state index contributed by atoms with van der Waals surface area (Å²) in [5.41, 5.74) is 10.3. The Morgan fingerprint density at radius 1 is 1.54 bits per heavy atom. The minimum Gasteiger partial charge on any atom is -0.409 e. The van der Waals surface area contributed by atoms with E-state index in [0.29, 0.717) is 0 Å². The van der Waals surface area contributed by atoms with Crippen molar-refractivity contribution in [2.24, 2.45) is 16.6 Å². The van der Waals surface area contributed by atoms with Crippen LogP contribution in [0.1, 0.15) is 20.3 Å². The Bertz CT molecular complexity index is 205. The van der Waals surface area contributed by atoms with E-state index in [2.05, 4.69) is 10.5 Å². The number of nitrogens with one attached hydrogen (secondary N) is 1. The summed E-state index contributed by atoms with van der Waals surface area (Å²) in [5, 5.41) is 14.1. The van der Waals surface area contributed by atoms with Crippen LogP contribution < -0.4 is 16.8 Å². The number of amides is 1. The van der Waals surface area contributed by atoms with Gasteiger partial charge in [0.25, 0.3) is 0 Å². The number of hydrogen-bond acceptors (Lipinski definition) is 4. The first-order valence-electron chi connectivity index (χ1n) is 3.99. The highest BCUT2D eigenvalue weighted by atomic mass is 16.4. The molecule has 0 saturated carbocycles. The van der Waals surface area contributed by atoms with E-state index in [-0.39, 0.29) is 30.2 Å². The lowest BCUT2D eigenvalue weighted by molar-refractivity contribution is -0.118. The maximum absolute atomic E-state index is 10.5. The third-order valence-corrected chi connectivity index (χ3v) is 1.60. The fourth-order valence-corrected chi connectivity index (χ4v) is 0.959. The average molecular weight is 188 g/mol. The molecule has 0 bridgehead atoms. The van der Waals surface area contributed by atoms with Gasteiger partial charge in [-0.15, -0.1) is 0 Å². The van der Waals surface area contributed by atoms with Crippen molar-refractivity contribution >= 4 is 11.7 Å². The van der Waals surface area contributed by atoms with Crippen LogP contribution in [0, 0.1) is 0 Å². The number of amidine groups is 1. The van der Waals surface area contributed by atoms with Crippen LogP contribution in [-0.2, 0) is 4.79 Å². The van der Waals surface area contributed by atoms with E-state index in [1.807, 2.05) is 0 Å². The summed E-state index contributed by atoms with van der Waals surface area (Å²) < 4.78 is 0. The lowest BCUT2D eigenvalue weighted by Crippen LogP contribution is -2.44. The second kappa shape index (κ2) is 5.36. The summed E-state index contributed by atoms with van der Waals surface area (Å²) in [6.07, 6.45) is 0.225. The fraction of sp³-hybridized carbons (Fsp3) is 0.714. The van der Waals surface area contributed by atoms with E-state index in [0.717, 1.165) is 0 Å². The molecule has 6 nitrogen and oxygen atoms in total. The largest absolute Gasteiger partial charge is 0.409 e. The molecule has 2 atom stereocenters. The molecule has 2 unspecified atom stereocenters. The van der Waals surface area contributed by atoms with Crippen LogP contribution in [0.4, 0.5) is 0 Å². The van der Waals surface area contributed by atoms with E-state index in [1.165, 1.54) is 0 Å². The first-order valence-corrected chi connectivity index (χ1v) is 3.99. The van der Waals surface area contributed by atoms with Gasteiger partial charge in [-0.05, 0) is 13.8 Å². The number of oxime groups is 1. The Hall–Kier alpha value is -1.30. The first kappa shape index (κ1) is 11.7. The molecule has 76 valence electrons. The standard InChI is InChI=1S/C7H16N4O2/c1-4(3-6(8)12)10-5(2)7(9)11-13/h4-5,10,13H,3H2,1-2H3,(H2,8,12)(H2,9,11). The molecule has 0 aromatic rings. The zero-order valence-electron chi connectivity index (χ0n) is 7.82. The smallest absolute Gasteiger partial charge is 0.218 e. The molecule has 0 aliphatic rings. The second-order valence-corrected chi connectivity index (χ2v) is 2.98. The number of carbonyl (C=O) groups excluding carboxylic acids is 1. The second-order valence-electron chi connectivity index (χ2n) is 2.98. The van der Waals surface area contributed by atoms with Crippen molar-refractivity contribution in [1.82, 2.24) is 5.32 Å². The Balaban J connectivity index is 3.91. The van der Waals surface area contributed by atoms with Gasteiger partial charge < -0.3 is 22.0 Å². The highest BCUT2D eigenvalue weighted by molar-refractivity contribution is 5.84. The lowest BCUT2D eigenvalue weighted by Gasteiger charge is -2.17. The number of nitrogens with zero attached hydrogens (tertiary/aromatic N) is 1. The predicted octanol–water partition coefficient (Wildman–Crippen LogP) is -1.03. The van der Waals surface area contributed by atoms with Gasteiger partial charge in [0.05, 0.1) is 6.04 Å². The summed E-state index contributed by atoms with van der Waals surface area (Å²) in [5.74, 6) is -0.303. The minimum absolute atomic E-state index is 0.0799. The average Bonchev–Trinajstić information content (AvgIpc) is 2.01. The molecule has 0 aliphatic heterocycles. The number of nitrogens with two attached hydrogens (primary N) is 2. The Kier molecular flexibility index (Phi) is 4.83. The number of rotatable bonds is 5. The van der Waals surface area contributed by atoms with Crippen molar-refractivity contribution in [3.05, 3.63) is 0 Å². The van der Waals surface area contributed by atoms with Gasteiger partial charge in [0, 0.05) is 12.5 Å². The third-order valence-electron chi connectivity index (χ3n) is 1.60. The molecule has 0 heterocycles. The first-order chi connectivity index (χ1) is 5.97. The molecule has 0 aromatic carbocycles. The highest BCUT2D eigenvalue weighted by Crippen LogP contribution is 1.92. The summed E-state index contributed by atoms with van der Waals surface area (Å²) in [6, 6.07) is -0.368. The fourth-order valence-electron chi connectivity index (χ4n) is 0.959. The zero-order chi connectivity index (χ0) is 10.4. The van der Waals surface area contributed by atoms with Crippen LogP contribution >= 0.6 is 0 Å². The van der Waals surface area contributed by atoms with Crippen molar-refractivity contribution in [3.63, 3.8) is 0 Å². The maximum atomic E-state index is 10.5. The molecular formula is C7H16N4O2. The van der Waals surface area contributed by atoms with E-state index in [9.17, 15) is 4.79 Å². The molecule has 0 aliphatic carbocycles. The summed E-state index contributed by atoms with van der Waals surface area (Å²) in [7, 11) is 0. The lowest BCUT2D eigenvalue weighted by atomic mass is 10.2. The van der Waals surface area contributed by atoms with Crippen molar-refractivity contribution in [3.8, 4) is 0 Å². The molecule has 6 N–H and O–H groups in total. The van der Waals surface area contributed by atoms with Crippen molar-refractivity contribution in [2.75, 3.05) is 0 Å². The minimum atomic E-state index is -0.383. The van der Waals surface area contributed by atoms with Crippen LogP contribution in [-0.4, -0.2) is 29.0 Å². The zero-order valence-corrected chi connectivity index (χ0v) is 7.82. The molecule has 1 amide bonds. The highest BCUT2D eigenvalue weighted by Gasteiger charge is 2.12. The molecular weight excluding hydrogens is 172 g/mol. The Morgan fingerprint density at radius 3 is 2.46 bits per heavy atom. The normalized spacial score (nSPS) is 16.6. The van der Waals surface area contributed by atoms with Crippen LogP contribution in [0.2, 0.25) is 0 Å². The van der Waals surface area contributed by atoms with E-state index in [4.69, 9.17) is 16.7 Å². The van der Waals surface area contributed by atoms with E-state index >= 15 is 0 Å². The van der Waals surface area contributed by atoms with E-state index < -0.39 is 0 Å². The summed E-state index contributed by atoms with van der Waals surface area (Å²) in [4.78, 5) is 10.5. The molecule has 0 spiro atoms. The molecule has 0 radical (unpaired) electrons. The maximum Gasteiger partial charge on any atom is 0.218 e. The van der Waals surface area contributed by atoms with Crippen molar-refractivity contribution < 1.29 is 10.0 Å². The quantitative estimate of drug-likeness (QED) is 0.191. The summed E-state index contributed by atoms with van der Waals surface area (Å²) >= 11 is 0. The number of hydrogen-bond donors (Lipinski definition) is 4. The van der Waals surface area contributed by atoms with Crippen molar-refractivity contribution in [2.45, 2.75) is 32.4 Å². The van der Waals surface area contributed by atoms with Gasteiger partial charge in [0.1, 0.15) is 0 Å². The van der Waals surface area contributed by atoms with Gasteiger partial charge in [-0.1, -0.05) is 5.16 Å². The molecule has 0 rings (SSSR count). The third kappa shape index (κ3) is 5.02. The summed E-state index contributed by atoms with van der Waals surface area (Å²) in [6.45, 7) is 3.53. The molecule has 13 heavy (non-hydrogen) atoms. The predicted molar refractivity (Wildman–Crippen MR) is 49.3 cm³/mol.